The van der Waals surface area contributed by atoms with E-state index >= 15 is 0 Å². The van der Waals surface area contributed by atoms with Gasteiger partial charge in [-0.1, -0.05) is 18.2 Å². The Bertz CT molecular complexity index is 965. The summed E-state index contributed by atoms with van der Waals surface area (Å²) in [4.78, 5) is 12.3. The molecule has 2 aromatic heterocycles. The van der Waals surface area contributed by atoms with Crippen LogP contribution in [0.3, 0.4) is 0 Å². The summed E-state index contributed by atoms with van der Waals surface area (Å²) in [7, 11) is 3.53. The minimum atomic E-state index is 0. The van der Waals surface area contributed by atoms with Crippen molar-refractivity contribution < 1.29 is 4.74 Å². The molecule has 1 aliphatic rings. The Morgan fingerprint density at radius 2 is 2.29 bits per heavy atom. The second-order valence-electron chi connectivity index (χ2n) is 6.38. The average Bonchev–Trinajstić information content (AvgIpc) is 3.31. The van der Waals surface area contributed by atoms with E-state index in [0.717, 1.165) is 41.9 Å². The molecule has 0 fully saturated rings. The first-order chi connectivity index (χ1) is 13.3. The van der Waals surface area contributed by atoms with E-state index in [9.17, 15) is 0 Å². The zero-order chi connectivity index (χ0) is 18.6. The number of thiazole rings is 1. The summed E-state index contributed by atoms with van der Waals surface area (Å²) in [6.45, 7) is 2.44. The Balaban J connectivity index is 0.00000225. The predicted molar refractivity (Wildman–Crippen MR) is 126 cm³/mol. The summed E-state index contributed by atoms with van der Waals surface area (Å²) >= 11 is 1.64. The number of fused-ring (bicyclic) bond motifs is 1. The molecule has 1 N–H and O–H groups in total. The molecule has 0 saturated heterocycles. The lowest BCUT2D eigenvalue weighted by molar-refractivity contribution is 0.414. The number of aliphatic imine (C=N–C) groups is 1. The van der Waals surface area contributed by atoms with Gasteiger partial charge >= 0.3 is 0 Å². The van der Waals surface area contributed by atoms with Gasteiger partial charge in [0.15, 0.2) is 10.9 Å². The number of nitrogens with one attached hydrogen (secondary N) is 1. The molecule has 1 aromatic carbocycles. The van der Waals surface area contributed by atoms with Crippen molar-refractivity contribution in [3.63, 3.8) is 0 Å². The summed E-state index contributed by atoms with van der Waals surface area (Å²) < 4.78 is 7.39. The van der Waals surface area contributed by atoms with Crippen molar-refractivity contribution >= 4 is 51.8 Å². The highest BCUT2D eigenvalue weighted by Crippen LogP contribution is 2.25. The molecule has 0 amide bonds. The van der Waals surface area contributed by atoms with Crippen LogP contribution in [0.2, 0.25) is 0 Å². The smallest absolute Gasteiger partial charge is 0.194 e. The number of nitrogens with zero attached hydrogens (tertiary/aromatic N) is 4. The first-order valence-corrected chi connectivity index (χ1v) is 9.85. The highest BCUT2D eigenvalue weighted by Gasteiger charge is 2.17. The van der Waals surface area contributed by atoms with Gasteiger partial charge in [-0.2, -0.15) is 0 Å². The second kappa shape index (κ2) is 9.42. The number of imidazole rings is 1. The topological polar surface area (TPSA) is 54.2 Å². The number of guanidine groups is 1. The maximum Gasteiger partial charge on any atom is 0.194 e. The molecular weight excluding hydrogens is 485 g/mol. The predicted octanol–water partition coefficient (Wildman–Crippen LogP) is 3.89. The zero-order valence-electron chi connectivity index (χ0n) is 16.0. The van der Waals surface area contributed by atoms with Crippen LogP contribution in [-0.2, 0) is 6.54 Å². The molecule has 0 atom stereocenters. The number of methoxy groups -OCH3 is 1. The van der Waals surface area contributed by atoms with Gasteiger partial charge in [-0.05, 0) is 29.7 Å². The van der Waals surface area contributed by atoms with Gasteiger partial charge in [0.05, 0.1) is 19.3 Å². The van der Waals surface area contributed by atoms with E-state index in [4.69, 9.17) is 4.74 Å². The third-order valence-electron chi connectivity index (χ3n) is 4.73. The number of aromatic nitrogens is 2. The van der Waals surface area contributed by atoms with E-state index in [-0.39, 0.29) is 24.0 Å². The molecule has 0 aliphatic carbocycles. The standard InChI is InChI=1S/C20H23N5OS.HI/c1-21-19(22-13-17-14-25-10-11-27-20(25)23-17)24-8-6-15(7-9-24)16-4-3-5-18(12-16)26-2;/h3-6,10-12,14H,7-9,13H2,1-2H3,(H,21,22);1H. The fourth-order valence-corrected chi connectivity index (χ4v) is 4.03. The van der Waals surface area contributed by atoms with Crippen molar-refractivity contribution in [1.82, 2.24) is 19.6 Å². The van der Waals surface area contributed by atoms with Crippen LogP contribution in [0.4, 0.5) is 0 Å². The van der Waals surface area contributed by atoms with Gasteiger partial charge in [-0.15, -0.1) is 35.3 Å². The van der Waals surface area contributed by atoms with Gasteiger partial charge in [0.2, 0.25) is 0 Å². The molecular formula is C20H24IN5OS. The summed E-state index contributed by atoms with van der Waals surface area (Å²) in [5.74, 6) is 1.81. The fourth-order valence-electron chi connectivity index (χ4n) is 3.31. The van der Waals surface area contributed by atoms with E-state index in [0.29, 0.717) is 6.54 Å². The molecule has 148 valence electrons. The number of benzene rings is 1. The van der Waals surface area contributed by atoms with Crippen molar-refractivity contribution in [2.75, 3.05) is 27.2 Å². The SMILES string of the molecule is CN=C(NCc1cn2ccsc2n1)N1CC=C(c2cccc(OC)c2)CC1.I. The van der Waals surface area contributed by atoms with Crippen LogP contribution in [0.15, 0.2) is 53.1 Å². The summed E-state index contributed by atoms with van der Waals surface area (Å²) in [5, 5.41) is 5.47. The van der Waals surface area contributed by atoms with Crippen LogP contribution < -0.4 is 10.1 Å². The summed E-state index contributed by atoms with van der Waals surface area (Å²) in [6, 6.07) is 8.25. The van der Waals surface area contributed by atoms with Crippen LogP contribution in [-0.4, -0.2) is 47.5 Å². The number of hydrogen-bond acceptors (Lipinski definition) is 4. The minimum Gasteiger partial charge on any atom is -0.497 e. The molecule has 0 radical (unpaired) electrons. The van der Waals surface area contributed by atoms with Gasteiger partial charge in [0, 0.05) is 37.9 Å². The van der Waals surface area contributed by atoms with Crippen LogP contribution >= 0.6 is 35.3 Å². The highest BCUT2D eigenvalue weighted by atomic mass is 127. The molecule has 3 heterocycles. The van der Waals surface area contributed by atoms with Crippen molar-refractivity contribution in [2.45, 2.75) is 13.0 Å². The monoisotopic (exact) mass is 509 g/mol. The Morgan fingerprint density at radius 3 is 3.00 bits per heavy atom. The number of hydrogen-bond donors (Lipinski definition) is 1. The van der Waals surface area contributed by atoms with Crippen LogP contribution in [0.1, 0.15) is 17.7 Å². The molecule has 0 spiro atoms. The lowest BCUT2D eigenvalue weighted by atomic mass is 9.99. The molecule has 0 unspecified atom stereocenters. The molecule has 0 bridgehead atoms. The van der Waals surface area contributed by atoms with Gasteiger partial charge in [0.25, 0.3) is 0 Å². The number of ether oxygens (including phenoxy) is 1. The van der Waals surface area contributed by atoms with E-state index in [1.807, 2.05) is 30.8 Å². The van der Waals surface area contributed by atoms with E-state index in [1.54, 1.807) is 18.4 Å². The molecule has 8 heteroatoms. The molecule has 28 heavy (non-hydrogen) atoms. The maximum atomic E-state index is 5.34. The van der Waals surface area contributed by atoms with Crippen molar-refractivity contribution in [1.29, 1.82) is 0 Å². The lowest BCUT2D eigenvalue weighted by Gasteiger charge is -2.29. The van der Waals surface area contributed by atoms with Gasteiger partial charge < -0.3 is 15.0 Å². The van der Waals surface area contributed by atoms with E-state index in [1.165, 1.54) is 11.1 Å². The van der Waals surface area contributed by atoms with Crippen LogP contribution in [0.25, 0.3) is 10.5 Å². The molecule has 6 nitrogen and oxygen atoms in total. The summed E-state index contributed by atoms with van der Waals surface area (Å²) in [5.41, 5.74) is 3.61. The number of halogens is 1. The second-order valence-corrected chi connectivity index (χ2v) is 7.26. The van der Waals surface area contributed by atoms with Crippen LogP contribution in [0, 0.1) is 0 Å². The van der Waals surface area contributed by atoms with Gasteiger partial charge in [-0.3, -0.25) is 9.39 Å². The largest absolute Gasteiger partial charge is 0.497 e. The van der Waals surface area contributed by atoms with Crippen molar-refractivity contribution in [3.05, 3.63) is 59.4 Å². The van der Waals surface area contributed by atoms with Crippen molar-refractivity contribution in [3.8, 4) is 5.75 Å². The Kier molecular flexibility index (Phi) is 6.95. The Hall–Kier alpha value is -2.07. The van der Waals surface area contributed by atoms with E-state index < -0.39 is 0 Å². The summed E-state index contributed by atoms with van der Waals surface area (Å²) in [6.07, 6.45) is 7.34. The minimum absolute atomic E-state index is 0. The molecule has 3 aromatic rings. The molecule has 1 aliphatic heterocycles. The molecule has 0 saturated carbocycles. The van der Waals surface area contributed by atoms with Crippen LogP contribution in [0.5, 0.6) is 5.75 Å². The third-order valence-corrected chi connectivity index (χ3v) is 5.50. The zero-order valence-corrected chi connectivity index (χ0v) is 19.1. The Labute approximate surface area is 186 Å². The first-order valence-electron chi connectivity index (χ1n) is 8.97. The lowest BCUT2D eigenvalue weighted by Crippen LogP contribution is -2.43. The molecule has 4 rings (SSSR count). The highest BCUT2D eigenvalue weighted by molar-refractivity contribution is 14.0. The van der Waals surface area contributed by atoms with Crippen molar-refractivity contribution in [2.24, 2.45) is 4.99 Å². The normalized spacial score (nSPS) is 14.6. The average molecular weight is 509 g/mol. The Morgan fingerprint density at radius 1 is 1.39 bits per heavy atom. The van der Waals surface area contributed by atoms with E-state index in [2.05, 4.69) is 49.0 Å². The van der Waals surface area contributed by atoms with Gasteiger partial charge in [0.1, 0.15) is 5.75 Å². The maximum absolute atomic E-state index is 5.34. The first kappa shape index (κ1) is 20.7. The third kappa shape index (κ3) is 4.49. The fraction of sp³-hybridized carbons (Fsp3) is 0.300. The quantitative estimate of drug-likeness (QED) is 0.330. The number of rotatable bonds is 4. The van der Waals surface area contributed by atoms with Gasteiger partial charge in [-0.25, -0.2) is 4.98 Å².